The van der Waals surface area contributed by atoms with E-state index in [0.717, 1.165) is 41.2 Å². The smallest absolute Gasteiger partial charge is 0.261 e. The maximum Gasteiger partial charge on any atom is 0.261 e. The molecule has 0 aliphatic heterocycles. The lowest BCUT2D eigenvalue weighted by molar-refractivity contribution is 0.0936. The van der Waals surface area contributed by atoms with Crippen molar-refractivity contribution in [2.75, 3.05) is 0 Å². The molecule has 1 amide bonds. The van der Waals surface area contributed by atoms with Crippen LogP contribution in [0, 0.1) is 6.92 Å². The van der Waals surface area contributed by atoms with E-state index >= 15 is 0 Å². The molecule has 2 aromatic heterocycles. The molecule has 0 fully saturated rings. The molecule has 0 saturated carbocycles. The van der Waals surface area contributed by atoms with Crippen molar-refractivity contribution in [2.24, 2.45) is 0 Å². The zero-order valence-corrected chi connectivity index (χ0v) is 11.5. The number of hydrogen-bond acceptors (Lipinski definition) is 4. The number of rotatable bonds is 2. The van der Waals surface area contributed by atoms with E-state index < -0.39 is 0 Å². The number of amides is 1. The van der Waals surface area contributed by atoms with Crippen LogP contribution in [0.15, 0.2) is 23.7 Å². The first kappa shape index (κ1) is 12.3. The number of thiophene rings is 1. The van der Waals surface area contributed by atoms with Gasteiger partial charge in [-0.3, -0.25) is 4.79 Å². The Morgan fingerprint density at radius 3 is 3.21 bits per heavy atom. The second kappa shape index (κ2) is 5.09. The van der Waals surface area contributed by atoms with Gasteiger partial charge in [0, 0.05) is 17.5 Å². The summed E-state index contributed by atoms with van der Waals surface area (Å²) >= 11 is 1.46. The second-order valence-electron chi connectivity index (χ2n) is 4.71. The van der Waals surface area contributed by atoms with Gasteiger partial charge in [0.25, 0.3) is 5.91 Å². The molecule has 2 heterocycles. The maximum absolute atomic E-state index is 12.1. The SMILES string of the molecule is Cc1ncc2c(n1)CCC[C@@H]2NC(=O)c1cccs1. The summed E-state index contributed by atoms with van der Waals surface area (Å²) < 4.78 is 0. The molecule has 0 aromatic carbocycles. The van der Waals surface area contributed by atoms with Crippen molar-refractivity contribution in [3.63, 3.8) is 0 Å². The Kier molecular flexibility index (Phi) is 3.29. The summed E-state index contributed by atoms with van der Waals surface area (Å²) in [5.41, 5.74) is 2.15. The summed E-state index contributed by atoms with van der Waals surface area (Å²) in [5, 5.41) is 5.00. The van der Waals surface area contributed by atoms with Gasteiger partial charge in [-0.1, -0.05) is 6.07 Å². The quantitative estimate of drug-likeness (QED) is 0.915. The van der Waals surface area contributed by atoms with Gasteiger partial charge >= 0.3 is 0 Å². The van der Waals surface area contributed by atoms with E-state index in [1.165, 1.54) is 11.3 Å². The lowest BCUT2D eigenvalue weighted by Gasteiger charge is -2.25. The zero-order valence-electron chi connectivity index (χ0n) is 10.7. The standard InChI is InChI=1S/C14H15N3OS/c1-9-15-8-10-11(16-9)4-2-5-12(10)17-14(18)13-6-3-7-19-13/h3,6-8,12H,2,4-5H2,1H3,(H,17,18)/t12-/m0/s1. The van der Waals surface area contributed by atoms with Crippen LogP contribution in [0.3, 0.4) is 0 Å². The highest BCUT2D eigenvalue weighted by molar-refractivity contribution is 7.12. The Morgan fingerprint density at radius 1 is 1.53 bits per heavy atom. The van der Waals surface area contributed by atoms with E-state index in [-0.39, 0.29) is 11.9 Å². The van der Waals surface area contributed by atoms with Crippen LogP contribution >= 0.6 is 11.3 Å². The van der Waals surface area contributed by atoms with Gasteiger partial charge < -0.3 is 5.32 Å². The summed E-state index contributed by atoms with van der Waals surface area (Å²) in [5.74, 6) is 0.789. The van der Waals surface area contributed by atoms with Gasteiger partial charge in [0.2, 0.25) is 0 Å². The fourth-order valence-electron chi connectivity index (χ4n) is 2.43. The summed E-state index contributed by atoms with van der Waals surface area (Å²) in [6, 6.07) is 3.77. The molecule has 1 N–H and O–H groups in total. The molecular formula is C14H15N3OS. The predicted octanol–water partition coefficient (Wildman–Crippen LogP) is 2.65. The van der Waals surface area contributed by atoms with Crippen LogP contribution in [0.2, 0.25) is 0 Å². The van der Waals surface area contributed by atoms with Gasteiger partial charge in [-0.05, 0) is 37.6 Å². The van der Waals surface area contributed by atoms with E-state index in [0.29, 0.717) is 0 Å². The van der Waals surface area contributed by atoms with Gasteiger partial charge in [0.15, 0.2) is 0 Å². The van der Waals surface area contributed by atoms with Crippen molar-refractivity contribution in [2.45, 2.75) is 32.2 Å². The van der Waals surface area contributed by atoms with Gasteiger partial charge in [-0.15, -0.1) is 11.3 Å². The van der Waals surface area contributed by atoms with Crippen LogP contribution in [0.5, 0.6) is 0 Å². The average Bonchev–Trinajstić information content (AvgIpc) is 2.92. The molecule has 19 heavy (non-hydrogen) atoms. The van der Waals surface area contributed by atoms with Crippen LogP contribution in [-0.4, -0.2) is 15.9 Å². The van der Waals surface area contributed by atoms with Crippen molar-refractivity contribution < 1.29 is 4.79 Å². The number of aryl methyl sites for hydroxylation is 2. The fraction of sp³-hybridized carbons (Fsp3) is 0.357. The van der Waals surface area contributed by atoms with E-state index in [4.69, 9.17) is 0 Å². The highest BCUT2D eigenvalue weighted by Crippen LogP contribution is 2.28. The Bertz CT molecular complexity index is 595. The summed E-state index contributed by atoms with van der Waals surface area (Å²) in [6.45, 7) is 1.90. The molecule has 3 rings (SSSR count). The molecule has 2 aromatic rings. The second-order valence-corrected chi connectivity index (χ2v) is 5.66. The highest BCUT2D eigenvalue weighted by atomic mass is 32.1. The molecule has 0 saturated heterocycles. The third-order valence-corrected chi connectivity index (χ3v) is 4.22. The molecule has 0 radical (unpaired) electrons. The Hall–Kier alpha value is -1.75. The maximum atomic E-state index is 12.1. The molecule has 1 aliphatic rings. The largest absolute Gasteiger partial charge is 0.344 e. The highest BCUT2D eigenvalue weighted by Gasteiger charge is 2.23. The van der Waals surface area contributed by atoms with E-state index in [2.05, 4.69) is 15.3 Å². The third-order valence-electron chi connectivity index (χ3n) is 3.35. The first-order chi connectivity index (χ1) is 9.24. The van der Waals surface area contributed by atoms with Crippen LogP contribution in [0.4, 0.5) is 0 Å². The van der Waals surface area contributed by atoms with Crippen molar-refractivity contribution in [3.8, 4) is 0 Å². The van der Waals surface area contributed by atoms with Crippen molar-refractivity contribution >= 4 is 17.2 Å². The Labute approximate surface area is 115 Å². The van der Waals surface area contributed by atoms with Gasteiger partial charge in [-0.2, -0.15) is 0 Å². The topological polar surface area (TPSA) is 54.9 Å². The van der Waals surface area contributed by atoms with Crippen molar-refractivity contribution in [3.05, 3.63) is 45.7 Å². The monoisotopic (exact) mass is 273 g/mol. The molecular weight excluding hydrogens is 258 g/mol. The summed E-state index contributed by atoms with van der Waals surface area (Å²) in [7, 11) is 0. The van der Waals surface area contributed by atoms with Crippen molar-refractivity contribution in [1.82, 2.24) is 15.3 Å². The van der Waals surface area contributed by atoms with Gasteiger partial charge in [0.05, 0.1) is 10.9 Å². The molecule has 4 nitrogen and oxygen atoms in total. The van der Waals surface area contributed by atoms with E-state index in [9.17, 15) is 4.79 Å². The molecule has 0 bridgehead atoms. The minimum absolute atomic E-state index is 0.00609. The summed E-state index contributed by atoms with van der Waals surface area (Å²) in [4.78, 5) is 21.6. The van der Waals surface area contributed by atoms with E-state index in [1.807, 2.05) is 30.6 Å². The molecule has 5 heteroatoms. The zero-order chi connectivity index (χ0) is 13.2. The Balaban J connectivity index is 1.82. The van der Waals surface area contributed by atoms with Crippen LogP contribution in [0.1, 0.15) is 45.6 Å². The molecule has 98 valence electrons. The number of carbonyl (C=O) groups excluding carboxylic acids is 1. The normalized spacial score (nSPS) is 17.8. The number of fused-ring (bicyclic) bond motifs is 1. The predicted molar refractivity (Wildman–Crippen MR) is 74.2 cm³/mol. The Morgan fingerprint density at radius 2 is 2.42 bits per heavy atom. The van der Waals surface area contributed by atoms with Crippen LogP contribution in [0.25, 0.3) is 0 Å². The number of nitrogens with one attached hydrogen (secondary N) is 1. The first-order valence-electron chi connectivity index (χ1n) is 6.41. The fourth-order valence-corrected chi connectivity index (χ4v) is 3.06. The number of hydrogen-bond donors (Lipinski definition) is 1. The van der Waals surface area contributed by atoms with Gasteiger partial charge in [0.1, 0.15) is 5.82 Å². The van der Waals surface area contributed by atoms with Gasteiger partial charge in [-0.25, -0.2) is 9.97 Å². The molecule has 1 aliphatic carbocycles. The number of nitrogens with zero attached hydrogens (tertiary/aromatic N) is 2. The van der Waals surface area contributed by atoms with Crippen LogP contribution < -0.4 is 5.32 Å². The van der Waals surface area contributed by atoms with Crippen molar-refractivity contribution in [1.29, 1.82) is 0 Å². The minimum atomic E-state index is -0.00609. The average molecular weight is 273 g/mol. The molecule has 1 atom stereocenters. The first-order valence-corrected chi connectivity index (χ1v) is 7.29. The molecule has 0 unspecified atom stereocenters. The van der Waals surface area contributed by atoms with Crippen LogP contribution in [-0.2, 0) is 6.42 Å². The third kappa shape index (κ3) is 2.51. The number of carbonyl (C=O) groups is 1. The molecule has 0 spiro atoms. The summed E-state index contributed by atoms with van der Waals surface area (Å²) in [6.07, 6.45) is 4.84. The van der Waals surface area contributed by atoms with E-state index in [1.54, 1.807) is 0 Å². The number of aromatic nitrogens is 2. The lowest BCUT2D eigenvalue weighted by Crippen LogP contribution is -2.31. The minimum Gasteiger partial charge on any atom is -0.344 e. The lowest BCUT2D eigenvalue weighted by atomic mass is 9.92.